The zero-order valence-electron chi connectivity index (χ0n) is 16.5. The van der Waals surface area contributed by atoms with Crippen LogP contribution in [0.15, 0.2) is 29.3 Å². The van der Waals surface area contributed by atoms with Crippen LogP contribution in [0.3, 0.4) is 0 Å². The topological polar surface area (TPSA) is 117 Å². The Morgan fingerprint density at radius 2 is 2.03 bits per heavy atom. The largest absolute Gasteiger partial charge is 0.465 e. The van der Waals surface area contributed by atoms with E-state index in [9.17, 15) is 19.7 Å². The van der Waals surface area contributed by atoms with Crippen molar-refractivity contribution < 1.29 is 19.2 Å². The molecule has 10 nitrogen and oxygen atoms in total. The van der Waals surface area contributed by atoms with Gasteiger partial charge < -0.3 is 14.5 Å². The Bertz CT molecular complexity index is 819. The summed E-state index contributed by atoms with van der Waals surface area (Å²) >= 11 is 0. The molecule has 2 atom stereocenters. The highest BCUT2D eigenvalue weighted by atomic mass is 16.6. The Hall–Kier alpha value is -3.01. The third kappa shape index (κ3) is 4.53. The number of benzene rings is 1. The summed E-state index contributed by atoms with van der Waals surface area (Å²) in [4.78, 5) is 44.8. The monoisotopic (exact) mass is 403 g/mol. The number of carbonyl (C=O) groups excluding carboxylic acids is 2. The second-order valence-corrected chi connectivity index (χ2v) is 6.89. The second-order valence-electron chi connectivity index (χ2n) is 6.89. The van der Waals surface area contributed by atoms with Crippen molar-refractivity contribution in [3.05, 3.63) is 39.9 Å². The Morgan fingerprint density at radius 3 is 2.66 bits per heavy atom. The number of nitro groups is 1. The zero-order chi connectivity index (χ0) is 21.0. The van der Waals surface area contributed by atoms with E-state index in [2.05, 4.69) is 22.1 Å². The first-order valence-corrected chi connectivity index (χ1v) is 9.71. The van der Waals surface area contributed by atoms with Gasteiger partial charge >= 0.3 is 5.97 Å². The molecule has 156 valence electrons. The maximum atomic E-state index is 12.8. The van der Waals surface area contributed by atoms with E-state index in [1.807, 2.05) is 4.90 Å². The number of aliphatic imine (C=N–C) groups is 1. The van der Waals surface area contributed by atoms with E-state index in [0.29, 0.717) is 24.6 Å². The summed E-state index contributed by atoms with van der Waals surface area (Å²) in [7, 11) is 0. The summed E-state index contributed by atoms with van der Waals surface area (Å²) in [6, 6.07) is 4.99. The summed E-state index contributed by atoms with van der Waals surface area (Å²) in [5.41, 5.74) is 0.307. The van der Waals surface area contributed by atoms with Crippen molar-refractivity contribution in [1.29, 1.82) is 0 Å². The van der Waals surface area contributed by atoms with Crippen LogP contribution < -0.4 is 5.32 Å². The van der Waals surface area contributed by atoms with E-state index < -0.39 is 28.8 Å². The summed E-state index contributed by atoms with van der Waals surface area (Å²) < 4.78 is 5.07. The van der Waals surface area contributed by atoms with Crippen molar-refractivity contribution in [2.24, 2.45) is 10.9 Å². The molecule has 0 bridgehead atoms. The van der Waals surface area contributed by atoms with Crippen molar-refractivity contribution in [3.63, 3.8) is 0 Å². The molecule has 3 rings (SSSR count). The highest BCUT2D eigenvalue weighted by Crippen LogP contribution is 2.32. The minimum absolute atomic E-state index is 0.121. The number of likely N-dealkylation sites (N-methyl/N-ethyl adjacent to an activating group) is 1. The molecule has 0 saturated carbocycles. The Kier molecular flexibility index (Phi) is 6.42. The lowest BCUT2D eigenvalue weighted by Gasteiger charge is -2.38. The molecule has 2 aliphatic heterocycles. The molecule has 0 aliphatic carbocycles. The number of carbonyl (C=O) groups is 2. The van der Waals surface area contributed by atoms with E-state index in [-0.39, 0.29) is 12.3 Å². The van der Waals surface area contributed by atoms with Crippen LogP contribution in [-0.2, 0) is 14.3 Å². The van der Waals surface area contributed by atoms with Crippen LogP contribution in [0, 0.1) is 16.0 Å². The number of nitrogens with zero attached hydrogens (tertiary/aromatic N) is 4. The number of nitrogens with one attached hydrogen (secondary N) is 1. The Morgan fingerprint density at radius 1 is 1.31 bits per heavy atom. The van der Waals surface area contributed by atoms with E-state index in [0.717, 1.165) is 19.6 Å². The van der Waals surface area contributed by atoms with Crippen LogP contribution in [0.25, 0.3) is 0 Å². The van der Waals surface area contributed by atoms with E-state index in [1.54, 1.807) is 13.0 Å². The fourth-order valence-corrected chi connectivity index (χ4v) is 3.56. The van der Waals surface area contributed by atoms with Gasteiger partial charge in [-0.3, -0.25) is 25.0 Å². The number of esters is 1. The molecule has 0 radical (unpaired) electrons. The molecular formula is C19H25N5O5. The predicted octanol–water partition coefficient (Wildman–Crippen LogP) is 0.939. The molecule has 0 unspecified atom stereocenters. The second kappa shape index (κ2) is 8.99. The molecule has 2 aliphatic rings. The summed E-state index contributed by atoms with van der Waals surface area (Å²) in [5, 5.41) is 13.9. The van der Waals surface area contributed by atoms with Crippen molar-refractivity contribution in [3.8, 4) is 0 Å². The first kappa shape index (κ1) is 20.7. The van der Waals surface area contributed by atoms with Crippen molar-refractivity contribution in [1.82, 2.24) is 15.1 Å². The molecule has 1 aromatic rings. The van der Waals surface area contributed by atoms with Gasteiger partial charge in [0.15, 0.2) is 5.92 Å². The van der Waals surface area contributed by atoms with Gasteiger partial charge in [-0.25, -0.2) is 4.99 Å². The van der Waals surface area contributed by atoms with Crippen LogP contribution in [0.1, 0.15) is 25.5 Å². The third-order valence-corrected chi connectivity index (χ3v) is 5.18. The fraction of sp³-hybridized carbons (Fsp3) is 0.526. The van der Waals surface area contributed by atoms with Crippen molar-refractivity contribution in [2.45, 2.75) is 19.9 Å². The normalized spacial score (nSPS) is 22.6. The van der Waals surface area contributed by atoms with Crippen LogP contribution >= 0.6 is 0 Å². The lowest BCUT2D eigenvalue weighted by Crippen LogP contribution is -2.57. The Balaban J connectivity index is 1.95. The molecule has 0 spiro atoms. The lowest BCUT2D eigenvalue weighted by atomic mass is 9.91. The average Bonchev–Trinajstić information content (AvgIpc) is 2.73. The van der Waals surface area contributed by atoms with Gasteiger partial charge in [0.1, 0.15) is 6.04 Å². The number of guanidine groups is 1. The predicted molar refractivity (Wildman–Crippen MR) is 105 cm³/mol. The van der Waals surface area contributed by atoms with Gasteiger partial charge in [0, 0.05) is 38.3 Å². The highest BCUT2D eigenvalue weighted by Gasteiger charge is 2.42. The summed E-state index contributed by atoms with van der Waals surface area (Å²) in [6.45, 7) is 7.90. The van der Waals surface area contributed by atoms with Gasteiger partial charge in [-0.2, -0.15) is 0 Å². The number of rotatable bonds is 5. The van der Waals surface area contributed by atoms with E-state index >= 15 is 0 Å². The van der Waals surface area contributed by atoms with Gasteiger partial charge in [-0.15, -0.1) is 0 Å². The Labute approximate surface area is 168 Å². The molecule has 0 aromatic heterocycles. The molecule has 1 fully saturated rings. The molecule has 1 N–H and O–H groups in total. The van der Waals surface area contributed by atoms with Crippen LogP contribution in [0.4, 0.5) is 5.69 Å². The maximum absolute atomic E-state index is 12.8. The minimum Gasteiger partial charge on any atom is -0.465 e. The molecule has 1 amide bonds. The molecule has 2 heterocycles. The van der Waals surface area contributed by atoms with Crippen molar-refractivity contribution in [2.75, 3.05) is 39.3 Å². The van der Waals surface area contributed by atoms with Crippen LogP contribution in [0.5, 0.6) is 0 Å². The van der Waals surface area contributed by atoms with Gasteiger partial charge in [0.25, 0.3) is 5.69 Å². The average molecular weight is 403 g/mol. The first-order valence-electron chi connectivity index (χ1n) is 9.71. The minimum atomic E-state index is -1.20. The van der Waals surface area contributed by atoms with E-state index in [1.165, 1.54) is 18.2 Å². The fourth-order valence-electron chi connectivity index (χ4n) is 3.56. The van der Waals surface area contributed by atoms with Gasteiger partial charge in [-0.05, 0) is 19.0 Å². The van der Waals surface area contributed by atoms with Crippen LogP contribution in [0.2, 0.25) is 0 Å². The van der Waals surface area contributed by atoms with Gasteiger partial charge in [-0.1, -0.05) is 19.1 Å². The highest BCUT2D eigenvalue weighted by molar-refractivity contribution is 6.08. The van der Waals surface area contributed by atoms with Crippen molar-refractivity contribution >= 4 is 23.5 Å². The molecule has 1 saturated heterocycles. The number of piperazine rings is 1. The zero-order valence-corrected chi connectivity index (χ0v) is 16.5. The lowest BCUT2D eigenvalue weighted by molar-refractivity contribution is -0.384. The molecular weight excluding hydrogens is 378 g/mol. The van der Waals surface area contributed by atoms with Gasteiger partial charge in [0.2, 0.25) is 11.9 Å². The quantitative estimate of drug-likeness (QED) is 0.336. The van der Waals surface area contributed by atoms with Gasteiger partial charge in [0.05, 0.1) is 11.5 Å². The SMILES string of the molecule is CCOC(=O)[C@H]1C(=O)NC(N2CCN(CC)CC2)=N[C@H]1c1cccc([N+](=O)[O-])c1. The number of hydrogen-bond acceptors (Lipinski definition) is 8. The molecule has 10 heteroatoms. The number of hydrogen-bond donors (Lipinski definition) is 1. The number of non-ortho nitro benzene ring substituents is 1. The summed E-state index contributed by atoms with van der Waals surface area (Å²) in [6.07, 6.45) is 0. The first-order chi connectivity index (χ1) is 13.9. The number of ether oxygens (including phenoxy) is 1. The third-order valence-electron chi connectivity index (χ3n) is 5.18. The maximum Gasteiger partial charge on any atom is 0.321 e. The smallest absolute Gasteiger partial charge is 0.321 e. The summed E-state index contributed by atoms with van der Waals surface area (Å²) in [5.74, 6) is -2.01. The van der Waals surface area contributed by atoms with Crippen LogP contribution in [-0.4, -0.2) is 71.9 Å². The van der Waals surface area contributed by atoms with E-state index in [4.69, 9.17) is 4.74 Å². The molecule has 1 aromatic carbocycles. The number of amides is 1. The standard InChI is InChI=1S/C19H25N5O5/c1-3-22-8-10-23(11-9-22)19-20-16(13-6-5-7-14(12-13)24(27)28)15(17(25)21-19)18(26)29-4-2/h5-7,12,15-16H,3-4,8-11H2,1-2H3,(H,20,21,25)/t15-,16+/m1/s1. The number of nitro benzene ring substituents is 1. The molecule has 29 heavy (non-hydrogen) atoms.